The highest BCUT2D eigenvalue weighted by molar-refractivity contribution is 9.10. The lowest BCUT2D eigenvalue weighted by Gasteiger charge is -2.33. The van der Waals surface area contributed by atoms with Gasteiger partial charge in [0.05, 0.1) is 23.5 Å². The first-order valence-corrected chi connectivity index (χ1v) is 10.7. The van der Waals surface area contributed by atoms with Gasteiger partial charge in [-0.15, -0.1) is 0 Å². The molecular formula is C23H21BrN4O4. The molecule has 0 fully saturated rings. The lowest BCUT2D eigenvalue weighted by Crippen LogP contribution is -2.31. The second-order valence-electron chi connectivity index (χ2n) is 7.18. The quantitative estimate of drug-likeness (QED) is 0.399. The van der Waals surface area contributed by atoms with Gasteiger partial charge >= 0.3 is 0 Å². The Morgan fingerprint density at radius 2 is 2.03 bits per heavy atom. The Morgan fingerprint density at radius 3 is 2.78 bits per heavy atom. The summed E-state index contributed by atoms with van der Waals surface area (Å²) in [6.07, 6.45) is 2.49. The summed E-state index contributed by atoms with van der Waals surface area (Å²) in [6, 6.07) is 10.4. The number of methoxy groups -OCH3 is 2. The molecule has 0 saturated heterocycles. The molecule has 1 aliphatic heterocycles. The van der Waals surface area contributed by atoms with Crippen LogP contribution in [0.1, 0.15) is 26.9 Å². The largest absolute Gasteiger partial charge is 0.493 e. The number of hydrogen-bond acceptors (Lipinski definition) is 7. The number of halogens is 1. The lowest BCUT2D eigenvalue weighted by molar-refractivity contribution is 0.0277. The van der Waals surface area contributed by atoms with Crippen LogP contribution in [0.3, 0.4) is 0 Å². The van der Waals surface area contributed by atoms with Crippen LogP contribution >= 0.6 is 15.9 Å². The molecule has 0 spiro atoms. The number of nitrogens with zero attached hydrogens (tertiary/aromatic N) is 4. The number of ether oxygens (including phenoxy) is 4. The van der Waals surface area contributed by atoms with Crippen molar-refractivity contribution < 1.29 is 21.7 Å². The van der Waals surface area contributed by atoms with Gasteiger partial charge in [0.25, 0.3) is 0 Å². The average Bonchev–Trinajstić information content (AvgIpc) is 3.19. The topological polar surface area (TPSA) is 80.5 Å². The van der Waals surface area contributed by atoms with Crippen LogP contribution < -0.4 is 18.9 Å². The Hall–Kier alpha value is -3.33. The minimum absolute atomic E-state index is 0.300. The predicted molar refractivity (Wildman–Crippen MR) is 122 cm³/mol. The van der Waals surface area contributed by atoms with Crippen LogP contribution in [0.4, 0.5) is 0 Å². The first-order valence-electron chi connectivity index (χ1n) is 10.9. The van der Waals surface area contributed by atoms with Crippen molar-refractivity contribution in [1.29, 1.82) is 0 Å². The summed E-state index contributed by atoms with van der Waals surface area (Å²) in [5.41, 5.74) is 2.11. The van der Waals surface area contributed by atoms with E-state index in [4.69, 9.17) is 21.7 Å². The standard InChI is InChI=1S/C23H21BrN4O4/c1-13-20(15-6-7-19(30-3)26-11-15)32-21-17(29-2)9-14(10-18(21)31-13)12-28-22-16(27-23(28)24)5-4-8-25-22/h4-11,13,20H,12H2,1-3H3/t13-,20+/m0/s1/i12D2. The maximum Gasteiger partial charge on any atom is 0.212 e. The van der Waals surface area contributed by atoms with E-state index in [9.17, 15) is 0 Å². The van der Waals surface area contributed by atoms with Crippen molar-refractivity contribution in [2.24, 2.45) is 0 Å². The van der Waals surface area contributed by atoms with E-state index in [0.29, 0.717) is 44.6 Å². The molecule has 1 aliphatic rings. The van der Waals surface area contributed by atoms with Crippen molar-refractivity contribution in [3.8, 4) is 23.1 Å². The zero-order valence-electron chi connectivity index (χ0n) is 19.6. The molecule has 0 bridgehead atoms. The fourth-order valence-electron chi connectivity index (χ4n) is 3.61. The summed E-state index contributed by atoms with van der Waals surface area (Å²) in [7, 11) is 3.06. The monoisotopic (exact) mass is 498 g/mol. The smallest absolute Gasteiger partial charge is 0.212 e. The molecule has 4 aromatic rings. The molecule has 4 heterocycles. The fourth-order valence-corrected chi connectivity index (χ4v) is 4.06. The maximum absolute atomic E-state index is 8.95. The second kappa shape index (κ2) is 8.31. The van der Waals surface area contributed by atoms with Gasteiger partial charge in [0.1, 0.15) is 11.6 Å². The van der Waals surface area contributed by atoms with Crippen LogP contribution in [0, 0.1) is 0 Å². The number of pyridine rings is 2. The SMILES string of the molecule is [2H]C([2H])(c1cc(OC)c2c(c1)O[C@@H](C)[C@H](c1ccc(OC)nc1)O2)n1c(Br)nc2cccnc21. The predicted octanol–water partition coefficient (Wildman–Crippen LogP) is 4.56. The molecular weight excluding hydrogens is 476 g/mol. The Labute approximate surface area is 196 Å². The summed E-state index contributed by atoms with van der Waals surface area (Å²) < 4.78 is 42.8. The summed E-state index contributed by atoms with van der Waals surface area (Å²) in [5.74, 6) is 1.64. The summed E-state index contributed by atoms with van der Waals surface area (Å²) in [6.45, 7) is -0.136. The third-order valence-corrected chi connectivity index (χ3v) is 5.67. The molecule has 2 atom stereocenters. The van der Waals surface area contributed by atoms with Gasteiger partial charge in [0, 0.05) is 24.0 Å². The van der Waals surface area contributed by atoms with Crippen LogP contribution in [0.2, 0.25) is 0 Å². The molecule has 9 heteroatoms. The Bertz CT molecular complexity index is 1360. The normalized spacial score (nSPS) is 18.8. The van der Waals surface area contributed by atoms with Crippen LogP contribution in [-0.4, -0.2) is 39.8 Å². The summed E-state index contributed by atoms with van der Waals surface area (Å²) >= 11 is 3.38. The van der Waals surface area contributed by atoms with Crippen LogP contribution in [0.25, 0.3) is 11.2 Å². The van der Waals surface area contributed by atoms with Crippen molar-refractivity contribution in [2.45, 2.75) is 25.6 Å². The molecule has 0 radical (unpaired) electrons. The maximum atomic E-state index is 8.95. The van der Waals surface area contributed by atoms with Gasteiger partial charge in [-0.2, -0.15) is 0 Å². The molecule has 0 amide bonds. The van der Waals surface area contributed by atoms with Crippen LogP contribution in [0.15, 0.2) is 53.5 Å². The van der Waals surface area contributed by atoms with E-state index in [1.165, 1.54) is 11.7 Å². The van der Waals surface area contributed by atoms with Gasteiger partial charge in [-0.05, 0) is 58.7 Å². The van der Waals surface area contributed by atoms with Crippen LogP contribution in [-0.2, 0) is 6.50 Å². The Balaban J connectivity index is 1.56. The third kappa shape index (κ3) is 3.62. The minimum atomic E-state index is -2.02. The number of imidazole rings is 1. The molecule has 5 rings (SSSR count). The van der Waals surface area contributed by atoms with Gasteiger partial charge in [-0.1, -0.05) is 0 Å². The molecule has 1 aromatic carbocycles. The average molecular weight is 499 g/mol. The Kier molecular flexibility index (Phi) is 4.74. The molecule has 32 heavy (non-hydrogen) atoms. The van der Waals surface area contributed by atoms with E-state index >= 15 is 0 Å². The van der Waals surface area contributed by atoms with E-state index in [-0.39, 0.29) is 6.10 Å². The van der Waals surface area contributed by atoms with E-state index < -0.39 is 12.6 Å². The number of benzene rings is 1. The molecule has 0 N–H and O–H groups in total. The first kappa shape index (κ1) is 18.3. The van der Waals surface area contributed by atoms with Crippen LogP contribution in [0.5, 0.6) is 23.1 Å². The van der Waals surface area contributed by atoms with E-state index in [1.54, 1.807) is 49.8 Å². The van der Waals surface area contributed by atoms with Crippen molar-refractivity contribution in [2.75, 3.05) is 14.2 Å². The van der Waals surface area contributed by atoms with E-state index in [2.05, 4.69) is 30.9 Å². The highest BCUT2D eigenvalue weighted by Gasteiger charge is 2.32. The Morgan fingerprint density at radius 1 is 1.16 bits per heavy atom. The molecule has 3 aromatic heterocycles. The van der Waals surface area contributed by atoms with Gasteiger partial charge in [-0.3, -0.25) is 4.57 Å². The van der Waals surface area contributed by atoms with Crippen molar-refractivity contribution in [3.05, 3.63) is 64.7 Å². The van der Waals surface area contributed by atoms with Gasteiger partial charge in [0.2, 0.25) is 11.6 Å². The van der Waals surface area contributed by atoms with Gasteiger partial charge in [-0.25, -0.2) is 15.0 Å². The number of hydrogen-bond donors (Lipinski definition) is 0. The van der Waals surface area contributed by atoms with E-state index in [1.807, 2.05) is 13.0 Å². The minimum Gasteiger partial charge on any atom is -0.493 e. The molecule has 0 aliphatic carbocycles. The highest BCUT2D eigenvalue weighted by atomic mass is 79.9. The third-order valence-electron chi connectivity index (χ3n) is 5.14. The van der Waals surface area contributed by atoms with E-state index in [0.717, 1.165) is 5.56 Å². The first-order chi connectivity index (χ1) is 16.3. The molecule has 8 nitrogen and oxygen atoms in total. The molecule has 164 valence electrons. The molecule has 0 unspecified atom stereocenters. The summed E-state index contributed by atoms with van der Waals surface area (Å²) in [5, 5.41) is 0. The van der Waals surface area contributed by atoms with Gasteiger partial charge in [0.15, 0.2) is 28.0 Å². The second-order valence-corrected chi connectivity index (χ2v) is 7.88. The summed E-state index contributed by atoms with van der Waals surface area (Å²) in [4.78, 5) is 13.0. The highest BCUT2D eigenvalue weighted by Crippen LogP contribution is 2.46. The molecule has 0 saturated carbocycles. The lowest BCUT2D eigenvalue weighted by atomic mass is 10.0. The fraction of sp³-hybridized carbons (Fsp3) is 0.261. The van der Waals surface area contributed by atoms with Crippen molar-refractivity contribution in [1.82, 2.24) is 19.5 Å². The van der Waals surface area contributed by atoms with Crippen molar-refractivity contribution >= 4 is 27.1 Å². The number of aromatic nitrogens is 4. The number of fused-ring (bicyclic) bond motifs is 2. The zero-order chi connectivity index (χ0) is 24.0. The number of rotatable bonds is 5. The van der Waals surface area contributed by atoms with Crippen molar-refractivity contribution in [3.63, 3.8) is 0 Å². The van der Waals surface area contributed by atoms with Gasteiger partial charge < -0.3 is 18.9 Å². The zero-order valence-corrected chi connectivity index (χ0v) is 19.2.